The van der Waals surface area contributed by atoms with Crippen molar-refractivity contribution in [1.29, 1.82) is 0 Å². The number of methoxy groups -OCH3 is 1. The SMILES string of the molecule is COC(=O)c1cccc(-c2ncc(O)cn2)c1. The fourth-order valence-corrected chi connectivity index (χ4v) is 1.37. The summed E-state index contributed by atoms with van der Waals surface area (Å²) in [5.41, 5.74) is 1.12. The normalized spacial score (nSPS) is 9.94. The van der Waals surface area contributed by atoms with Gasteiger partial charge in [-0.25, -0.2) is 14.8 Å². The first kappa shape index (κ1) is 11.1. The number of aromatic hydroxyl groups is 1. The van der Waals surface area contributed by atoms with E-state index in [0.29, 0.717) is 17.0 Å². The Kier molecular flexibility index (Phi) is 3.00. The third-order valence-electron chi connectivity index (χ3n) is 2.18. The van der Waals surface area contributed by atoms with E-state index in [1.807, 2.05) is 0 Å². The number of benzene rings is 1. The van der Waals surface area contributed by atoms with Gasteiger partial charge < -0.3 is 9.84 Å². The smallest absolute Gasteiger partial charge is 0.337 e. The number of carbonyl (C=O) groups excluding carboxylic acids is 1. The van der Waals surface area contributed by atoms with Gasteiger partial charge in [0.25, 0.3) is 0 Å². The van der Waals surface area contributed by atoms with Crippen LogP contribution in [0.2, 0.25) is 0 Å². The summed E-state index contributed by atoms with van der Waals surface area (Å²) < 4.78 is 4.63. The standard InChI is InChI=1S/C12H10N2O3/c1-17-12(16)9-4-2-3-8(5-9)11-13-6-10(15)7-14-11/h2-7,15H,1H3. The molecule has 0 saturated heterocycles. The predicted octanol–water partition coefficient (Wildman–Crippen LogP) is 1.64. The zero-order valence-electron chi connectivity index (χ0n) is 9.12. The Labute approximate surface area is 97.7 Å². The highest BCUT2D eigenvalue weighted by atomic mass is 16.5. The van der Waals surface area contributed by atoms with Crippen molar-refractivity contribution < 1.29 is 14.6 Å². The Morgan fingerprint density at radius 3 is 2.65 bits per heavy atom. The molecule has 0 aliphatic rings. The van der Waals surface area contributed by atoms with E-state index in [4.69, 9.17) is 5.11 Å². The number of nitrogens with zero attached hydrogens (tertiary/aromatic N) is 2. The molecule has 0 amide bonds. The van der Waals surface area contributed by atoms with Crippen molar-refractivity contribution in [3.8, 4) is 17.1 Å². The van der Waals surface area contributed by atoms with Gasteiger partial charge in [-0.2, -0.15) is 0 Å². The first-order valence-electron chi connectivity index (χ1n) is 4.90. The van der Waals surface area contributed by atoms with Crippen molar-refractivity contribution in [1.82, 2.24) is 9.97 Å². The summed E-state index contributed by atoms with van der Waals surface area (Å²) in [6.45, 7) is 0. The van der Waals surface area contributed by atoms with E-state index in [-0.39, 0.29) is 5.75 Å². The van der Waals surface area contributed by atoms with Crippen LogP contribution >= 0.6 is 0 Å². The van der Waals surface area contributed by atoms with Crippen LogP contribution in [0.5, 0.6) is 5.75 Å². The van der Waals surface area contributed by atoms with Crippen LogP contribution in [0.4, 0.5) is 0 Å². The summed E-state index contributed by atoms with van der Waals surface area (Å²) in [4.78, 5) is 19.3. The Bertz CT molecular complexity index is 538. The molecule has 2 aromatic rings. The minimum Gasteiger partial charge on any atom is -0.505 e. The van der Waals surface area contributed by atoms with Crippen LogP contribution in [-0.2, 0) is 4.74 Å². The van der Waals surface area contributed by atoms with Gasteiger partial charge in [0.05, 0.1) is 25.1 Å². The molecule has 17 heavy (non-hydrogen) atoms. The molecule has 0 fully saturated rings. The first-order chi connectivity index (χ1) is 8.20. The van der Waals surface area contributed by atoms with Gasteiger partial charge in [0.2, 0.25) is 0 Å². The number of aromatic nitrogens is 2. The van der Waals surface area contributed by atoms with Crippen molar-refractivity contribution in [3.05, 3.63) is 42.2 Å². The third kappa shape index (κ3) is 2.39. The minimum absolute atomic E-state index is 0.00197. The second kappa shape index (κ2) is 4.61. The average molecular weight is 230 g/mol. The lowest BCUT2D eigenvalue weighted by Gasteiger charge is -2.02. The highest BCUT2D eigenvalue weighted by Gasteiger charge is 2.08. The van der Waals surface area contributed by atoms with Crippen molar-refractivity contribution >= 4 is 5.97 Å². The molecular formula is C12H10N2O3. The second-order valence-electron chi connectivity index (χ2n) is 3.34. The van der Waals surface area contributed by atoms with Gasteiger partial charge in [0, 0.05) is 5.56 Å². The van der Waals surface area contributed by atoms with Gasteiger partial charge in [-0.1, -0.05) is 12.1 Å². The maximum Gasteiger partial charge on any atom is 0.337 e. The molecular weight excluding hydrogens is 220 g/mol. The molecule has 0 aliphatic carbocycles. The lowest BCUT2D eigenvalue weighted by molar-refractivity contribution is 0.0601. The molecule has 1 aromatic heterocycles. The van der Waals surface area contributed by atoms with E-state index in [1.165, 1.54) is 19.5 Å². The average Bonchev–Trinajstić information content (AvgIpc) is 2.39. The Morgan fingerprint density at radius 2 is 2.00 bits per heavy atom. The molecule has 1 N–H and O–H groups in total. The van der Waals surface area contributed by atoms with Crippen LogP contribution in [0.25, 0.3) is 11.4 Å². The summed E-state index contributed by atoms with van der Waals surface area (Å²) in [7, 11) is 1.33. The van der Waals surface area contributed by atoms with Gasteiger partial charge in [0.15, 0.2) is 11.6 Å². The number of esters is 1. The lowest BCUT2D eigenvalue weighted by atomic mass is 10.1. The summed E-state index contributed by atoms with van der Waals surface area (Å²) >= 11 is 0. The zero-order valence-corrected chi connectivity index (χ0v) is 9.12. The van der Waals surface area contributed by atoms with E-state index in [2.05, 4.69) is 14.7 Å². The fraction of sp³-hybridized carbons (Fsp3) is 0.0833. The molecule has 0 spiro atoms. The third-order valence-corrected chi connectivity index (χ3v) is 2.18. The van der Waals surface area contributed by atoms with Crippen LogP contribution in [0.15, 0.2) is 36.7 Å². The topological polar surface area (TPSA) is 72.3 Å². The number of carbonyl (C=O) groups is 1. The predicted molar refractivity (Wildman–Crippen MR) is 60.5 cm³/mol. The van der Waals surface area contributed by atoms with Crippen molar-refractivity contribution in [3.63, 3.8) is 0 Å². The molecule has 0 unspecified atom stereocenters. The Balaban J connectivity index is 2.39. The number of ether oxygens (including phenoxy) is 1. The van der Waals surface area contributed by atoms with Gasteiger partial charge in [-0.3, -0.25) is 0 Å². The van der Waals surface area contributed by atoms with Gasteiger partial charge >= 0.3 is 5.97 Å². The molecule has 0 saturated carbocycles. The molecule has 2 rings (SSSR count). The van der Waals surface area contributed by atoms with E-state index < -0.39 is 5.97 Å². The molecule has 5 heteroatoms. The zero-order chi connectivity index (χ0) is 12.3. The Hall–Kier alpha value is -2.43. The quantitative estimate of drug-likeness (QED) is 0.794. The highest BCUT2D eigenvalue weighted by Crippen LogP contribution is 2.17. The van der Waals surface area contributed by atoms with Crippen LogP contribution in [0.1, 0.15) is 10.4 Å². The maximum absolute atomic E-state index is 11.3. The maximum atomic E-state index is 11.3. The summed E-state index contributed by atoms with van der Waals surface area (Å²) in [5, 5.41) is 9.09. The number of rotatable bonds is 2. The van der Waals surface area contributed by atoms with Crippen molar-refractivity contribution in [2.45, 2.75) is 0 Å². The fourth-order valence-electron chi connectivity index (χ4n) is 1.37. The lowest BCUT2D eigenvalue weighted by Crippen LogP contribution is -2.01. The highest BCUT2D eigenvalue weighted by molar-refractivity contribution is 5.90. The van der Waals surface area contributed by atoms with E-state index in [9.17, 15) is 4.79 Å². The van der Waals surface area contributed by atoms with Gasteiger partial charge in [-0.05, 0) is 12.1 Å². The Morgan fingerprint density at radius 1 is 1.29 bits per heavy atom. The van der Waals surface area contributed by atoms with Crippen LogP contribution < -0.4 is 0 Å². The minimum atomic E-state index is -0.411. The number of hydrogen-bond donors (Lipinski definition) is 1. The molecule has 1 aromatic carbocycles. The molecule has 86 valence electrons. The molecule has 0 atom stereocenters. The van der Waals surface area contributed by atoms with Crippen LogP contribution in [0, 0.1) is 0 Å². The molecule has 0 aliphatic heterocycles. The first-order valence-corrected chi connectivity index (χ1v) is 4.90. The monoisotopic (exact) mass is 230 g/mol. The molecule has 0 radical (unpaired) electrons. The second-order valence-corrected chi connectivity index (χ2v) is 3.34. The summed E-state index contributed by atoms with van der Waals surface area (Å²) in [6.07, 6.45) is 2.60. The molecule has 5 nitrogen and oxygen atoms in total. The van der Waals surface area contributed by atoms with Crippen LogP contribution in [0.3, 0.4) is 0 Å². The summed E-state index contributed by atoms with van der Waals surface area (Å²) in [5.74, 6) is 0.0250. The van der Waals surface area contributed by atoms with Crippen molar-refractivity contribution in [2.75, 3.05) is 7.11 Å². The van der Waals surface area contributed by atoms with E-state index >= 15 is 0 Å². The largest absolute Gasteiger partial charge is 0.505 e. The summed E-state index contributed by atoms with van der Waals surface area (Å²) in [6, 6.07) is 6.78. The molecule has 1 heterocycles. The van der Waals surface area contributed by atoms with E-state index in [1.54, 1.807) is 24.3 Å². The molecule has 0 bridgehead atoms. The number of hydrogen-bond acceptors (Lipinski definition) is 5. The van der Waals surface area contributed by atoms with Gasteiger partial charge in [-0.15, -0.1) is 0 Å². The van der Waals surface area contributed by atoms with Crippen molar-refractivity contribution in [2.24, 2.45) is 0 Å². The van der Waals surface area contributed by atoms with Gasteiger partial charge in [0.1, 0.15) is 0 Å². The van der Waals surface area contributed by atoms with E-state index in [0.717, 1.165) is 0 Å². The van der Waals surface area contributed by atoms with Crippen LogP contribution in [-0.4, -0.2) is 28.2 Å².